The molecule has 0 aliphatic rings. The van der Waals surface area contributed by atoms with Gasteiger partial charge in [-0.05, 0) is 50.1 Å². The van der Waals surface area contributed by atoms with Crippen LogP contribution < -0.4 is 10.1 Å². The van der Waals surface area contributed by atoms with Crippen LogP contribution in [-0.4, -0.2) is 28.3 Å². The quantitative estimate of drug-likeness (QED) is 0.641. The Balaban J connectivity index is 1.49. The van der Waals surface area contributed by atoms with Crippen molar-refractivity contribution in [2.45, 2.75) is 32.7 Å². The van der Waals surface area contributed by atoms with Crippen LogP contribution in [0.4, 0.5) is 0 Å². The Morgan fingerprint density at radius 1 is 1.15 bits per heavy atom. The lowest BCUT2D eigenvalue weighted by atomic mass is 10.1. The second kappa shape index (κ2) is 8.49. The Hall–Kier alpha value is -3.15. The standard InChI is InChI=1S/C21H23N3O3/c1-14(25)7-8-16-9-11-17(12-10-16)27-13-20(26)22-15(2)21-23-18-5-3-4-6-19(18)24-21/h3-6,9-12,15H,7-8,13H2,1-2H3,(H,22,26)(H,23,24). The molecule has 0 saturated heterocycles. The van der Waals surface area contributed by atoms with E-state index in [1.165, 1.54) is 0 Å². The van der Waals surface area contributed by atoms with Gasteiger partial charge in [0.05, 0.1) is 17.1 Å². The van der Waals surface area contributed by atoms with Gasteiger partial charge in [0.25, 0.3) is 5.91 Å². The summed E-state index contributed by atoms with van der Waals surface area (Å²) in [6.45, 7) is 3.39. The summed E-state index contributed by atoms with van der Waals surface area (Å²) in [6, 6.07) is 14.9. The van der Waals surface area contributed by atoms with Crippen molar-refractivity contribution in [2.75, 3.05) is 6.61 Å². The van der Waals surface area contributed by atoms with E-state index >= 15 is 0 Å². The average Bonchev–Trinajstić information content (AvgIpc) is 3.10. The van der Waals surface area contributed by atoms with Crippen LogP contribution in [0.1, 0.15) is 37.7 Å². The molecule has 0 aliphatic carbocycles. The number of aryl methyl sites for hydroxylation is 1. The van der Waals surface area contributed by atoms with E-state index in [-0.39, 0.29) is 24.3 Å². The van der Waals surface area contributed by atoms with Crippen LogP contribution in [0, 0.1) is 0 Å². The molecule has 0 saturated carbocycles. The minimum absolute atomic E-state index is 0.0721. The SMILES string of the molecule is CC(=O)CCc1ccc(OCC(=O)NC(C)c2nc3ccccc3[nH]2)cc1. The molecule has 1 atom stereocenters. The van der Waals surface area contributed by atoms with Crippen molar-refractivity contribution in [2.24, 2.45) is 0 Å². The summed E-state index contributed by atoms with van der Waals surface area (Å²) < 4.78 is 5.53. The summed E-state index contributed by atoms with van der Waals surface area (Å²) in [4.78, 5) is 30.9. The van der Waals surface area contributed by atoms with Crippen LogP contribution in [0.2, 0.25) is 0 Å². The third kappa shape index (κ3) is 5.17. The molecule has 0 spiro atoms. The van der Waals surface area contributed by atoms with Crippen LogP contribution in [0.15, 0.2) is 48.5 Å². The number of imidazole rings is 1. The Bertz CT molecular complexity index is 898. The van der Waals surface area contributed by atoms with Gasteiger partial charge in [0.2, 0.25) is 0 Å². The monoisotopic (exact) mass is 365 g/mol. The smallest absolute Gasteiger partial charge is 0.258 e. The molecule has 0 fully saturated rings. The van der Waals surface area contributed by atoms with Crippen LogP contribution >= 0.6 is 0 Å². The number of amides is 1. The zero-order chi connectivity index (χ0) is 19.2. The number of para-hydroxylation sites is 2. The summed E-state index contributed by atoms with van der Waals surface area (Å²) in [7, 11) is 0. The highest BCUT2D eigenvalue weighted by atomic mass is 16.5. The molecule has 6 nitrogen and oxygen atoms in total. The van der Waals surface area contributed by atoms with Crippen LogP contribution in [0.3, 0.4) is 0 Å². The zero-order valence-corrected chi connectivity index (χ0v) is 15.5. The largest absolute Gasteiger partial charge is 0.484 e. The molecule has 0 bridgehead atoms. The van der Waals surface area contributed by atoms with E-state index in [1.807, 2.05) is 55.5 Å². The van der Waals surface area contributed by atoms with Gasteiger partial charge in [-0.3, -0.25) is 4.79 Å². The topological polar surface area (TPSA) is 84.1 Å². The lowest BCUT2D eigenvalue weighted by molar-refractivity contribution is -0.123. The van der Waals surface area contributed by atoms with E-state index in [2.05, 4.69) is 15.3 Å². The van der Waals surface area contributed by atoms with Crippen LogP contribution in [0.5, 0.6) is 5.75 Å². The first-order valence-corrected chi connectivity index (χ1v) is 8.96. The van der Waals surface area contributed by atoms with E-state index in [0.717, 1.165) is 16.6 Å². The number of carbonyl (C=O) groups excluding carboxylic acids is 2. The van der Waals surface area contributed by atoms with Gasteiger partial charge in [0, 0.05) is 6.42 Å². The van der Waals surface area contributed by atoms with E-state index < -0.39 is 0 Å². The number of aromatic amines is 1. The zero-order valence-electron chi connectivity index (χ0n) is 15.5. The predicted molar refractivity (Wildman–Crippen MR) is 104 cm³/mol. The number of ketones is 1. The summed E-state index contributed by atoms with van der Waals surface area (Å²) >= 11 is 0. The lowest BCUT2D eigenvalue weighted by Gasteiger charge is -2.12. The second-order valence-electron chi connectivity index (χ2n) is 6.56. The van der Waals surface area contributed by atoms with Crippen LogP contribution in [-0.2, 0) is 16.0 Å². The molecule has 1 heterocycles. The first kappa shape index (κ1) is 18.6. The van der Waals surface area contributed by atoms with Gasteiger partial charge < -0.3 is 19.8 Å². The first-order chi connectivity index (χ1) is 13.0. The van der Waals surface area contributed by atoms with E-state index in [0.29, 0.717) is 24.4 Å². The fraction of sp³-hybridized carbons (Fsp3) is 0.286. The number of carbonyl (C=O) groups is 2. The molecule has 0 aliphatic heterocycles. The number of nitrogens with one attached hydrogen (secondary N) is 2. The van der Waals surface area contributed by atoms with E-state index in [4.69, 9.17) is 4.74 Å². The van der Waals surface area contributed by atoms with Crippen molar-refractivity contribution in [1.82, 2.24) is 15.3 Å². The molecule has 1 unspecified atom stereocenters. The van der Waals surface area contributed by atoms with Crippen molar-refractivity contribution < 1.29 is 14.3 Å². The Morgan fingerprint density at radius 2 is 1.89 bits per heavy atom. The Labute approximate surface area is 158 Å². The highest BCUT2D eigenvalue weighted by Crippen LogP contribution is 2.16. The van der Waals surface area contributed by atoms with E-state index in [9.17, 15) is 9.59 Å². The normalized spacial score (nSPS) is 11.9. The Kier molecular flexibility index (Phi) is 5.86. The highest BCUT2D eigenvalue weighted by molar-refractivity contribution is 5.78. The molecule has 140 valence electrons. The molecule has 1 aromatic heterocycles. The molecule has 3 aromatic rings. The average molecular weight is 365 g/mol. The Morgan fingerprint density at radius 3 is 2.59 bits per heavy atom. The number of ether oxygens (including phenoxy) is 1. The lowest BCUT2D eigenvalue weighted by Crippen LogP contribution is -2.31. The maximum Gasteiger partial charge on any atom is 0.258 e. The number of aromatic nitrogens is 2. The molecule has 6 heteroatoms. The summed E-state index contributed by atoms with van der Waals surface area (Å²) in [6.07, 6.45) is 1.24. The van der Waals surface area contributed by atoms with Crippen molar-refractivity contribution in [3.05, 3.63) is 59.9 Å². The fourth-order valence-corrected chi connectivity index (χ4v) is 2.75. The van der Waals surface area contributed by atoms with Gasteiger partial charge in [-0.1, -0.05) is 24.3 Å². The van der Waals surface area contributed by atoms with Crippen LogP contribution in [0.25, 0.3) is 11.0 Å². The molecule has 2 N–H and O–H groups in total. The maximum atomic E-state index is 12.1. The van der Waals surface area contributed by atoms with Gasteiger partial charge >= 0.3 is 0 Å². The van der Waals surface area contributed by atoms with Crippen molar-refractivity contribution in [3.63, 3.8) is 0 Å². The summed E-state index contributed by atoms with van der Waals surface area (Å²) in [5, 5.41) is 2.88. The number of fused-ring (bicyclic) bond motifs is 1. The first-order valence-electron chi connectivity index (χ1n) is 8.96. The number of hydrogen-bond donors (Lipinski definition) is 2. The van der Waals surface area contributed by atoms with Gasteiger partial charge in [0.1, 0.15) is 17.4 Å². The summed E-state index contributed by atoms with van der Waals surface area (Å²) in [5.74, 6) is 1.28. The number of hydrogen-bond acceptors (Lipinski definition) is 4. The second-order valence-corrected chi connectivity index (χ2v) is 6.56. The third-order valence-electron chi connectivity index (χ3n) is 4.25. The molecule has 3 rings (SSSR count). The van der Waals surface area contributed by atoms with Crippen molar-refractivity contribution in [3.8, 4) is 5.75 Å². The molecular formula is C21H23N3O3. The number of rotatable bonds is 8. The maximum absolute atomic E-state index is 12.1. The number of nitrogens with zero attached hydrogens (tertiary/aromatic N) is 1. The number of benzene rings is 2. The molecule has 1 amide bonds. The van der Waals surface area contributed by atoms with Gasteiger partial charge in [-0.2, -0.15) is 0 Å². The molecule has 27 heavy (non-hydrogen) atoms. The number of Topliss-reactive ketones (excluding diaryl/α,β-unsaturated/α-hetero) is 1. The highest BCUT2D eigenvalue weighted by Gasteiger charge is 2.14. The van der Waals surface area contributed by atoms with Gasteiger partial charge in [-0.15, -0.1) is 0 Å². The fourth-order valence-electron chi connectivity index (χ4n) is 2.75. The number of H-pyrrole nitrogens is 1. The predicted octanol–water partition coefficient (Wildman–Crippen LogP) is 3.34. The molecule has 0 radical (unpaired) electrons. The molecule has 2 aromatic carbocycles. The molecular weight excluding hydrogens is 342 g/mol. The van der Waals surface area contributed by atoms with Gasteiger partial charge in [-0.25, -0.2) is 4.98 Å². The summed E-state index contributed by atoms with van der Waals surface area (Å²) in [5.41, 5.74) is 2.88. The minimum atomic E-state index is -0.248. The van der Waals surface area contributed by atoms with Crippen molar-refractivity contribution >= 4 is 22.7 Å². The van der Waals surface area contributed by atoms with E-state index in [1.54, 1.807) is 6.92 Å². The van der Waals surface area contributed by atoms with Gasteiger partial charge in [0.15, 0.2) is 6.61 Å². The van der Waals surface area contributed by atoms with Crippen molar-refractivity contribution in [1.29, 1.82) is 0 Å². The third-order valence-corrected chi connectivity index (χ3v) is 4.25. The minimum Gasteiger partial charge on any atom is -0.484 e.